The summed E-state index contributed by atoms with van der Waals surface area (Å²) in [5.41, 5.74) is 16.6. The molecule has 0 aliphatic heterocycles. The number of rotatable bonds is 32. The Labute approximate surface area is 479 Å². The summed E-state index contributed by atoms with van der Waals surface area (Å²) in [6, 6.07) is 41.3. The van der Waals surface area contributed by atoms with Crippen molar-refractivity contribution < 1.29 is 9.85 Å². The number of unbranched alkanes of at least 4 members (excludes halogenated alkanes) is 12. The first kappa shape index (κ1) is 60.3. The minimum absolute atomic E-state index is 0.0692. The van der Waals surface area contributed by atoms with E-state index in [1.165, 1.54) is 159 Å². The van der Waals surface area contributed by atoms with Crippen molar-refractivity contribution in [2.45, 2.75) is 156 Å². The largest absolute Gasteiger partial charge is 0.372 e. The molecule has 6 aromatic rings. The lowest BCUT2D eigenvalue weighted by atomic mass is 9.86. The van der Waals surface area contributed by atoms with E-state index in [9.17, 15) is 20.2 Å². The molecule has 4 bridgehead atoms. The highest BCUT2D eigenvalue weighted by molar-refractivity contribution is 5.79. The van der Waals surface area contributed by atoms with Crippen LogP contribution in [0.3, 0.4) is 0 Å². The summed E-state index contributed by atoms with van der Waals surface area (Å²) in [6.45, 7) is 13.5. The van der Waals surface area contributed by atoms with Gasteiger partial charge in [-0.2, -0.15) is 0 Å². The standard InChI is InChI=1S/C72H88N4O4/c1-5-9-13-17-49-73(50-18-14-10-6-2)69-41-25-57(26-42-69)21-33-61-53-66-38-40-68-56-63(35-23-59-29-45-71(46-30-59)75(77)78)67(55-64(68)36-24-60-31-47-72(48-32-60)76(79)80)39-37-65(61)54-62(66)34-22-58-27-43-70(44-28-58)74(51-19-15-11-7-3)52-20-16-12-8-4/h21-36,41-48,53-56H,5-20,37-40,49-52H2,1-4H3/b33-21+,34-22+,35-23-,36-24+. The van der Waals surface area contributed by atoms with Gasteiger partial charge in [-0.25, -0.2) is 0 Å². The van der Waals surface area contributed by atoms with E-state index in [2.05, 4.69) is 147 Å². The minimum Gasteiger partial charge on any atom is -0.372 e. The van der Waals surface area contributed by atoms with E-state index < -0.39 is 0 Å². The van der Waals surface area contributed by atoms with Crippen LogP contribution in [0.5, 0.6) is 0 Å². The molecular formula is C72H88N4O4. The lowest BCUT2D eigenvalue weighted by Gasteiger charge is -2.25. The Morgan fingerprint density at radius 2 is 0.575 bits per heavy atom. The smallest absolute Gasteiger partial charge is 0.269 e. The first-order chi connectivity index (χ1) is 39.1. The summed E-state index contributed by atoms with van der Waals surface area (Å²) in [6.07, 6.45) is 40.9. The van der Waals surface area contributed by atoms with Gasteiger partial charge in [-0.3, -0.25) is 20.2 Å². The second kappa shape index (κ2) is 32.7. The summed E-state index contributed by atoms with van der Waals surface area (Å²) in [5, 5.41) is 22.9. The molecule has 4 aliphatic carbocycles. The lowest BCUT2D eigenvalue weighted by molar-refractivity contribution is -0.385. The quantitative estimate of drug-likeness (QED) is 0.0181. The number of hydrogen-bond donors (Lipinski definition) is 0. The van der Waals surface area contributed by atoms with Crippen LogP contribution in [0.2, 0.25) is 0 Å². The summed E-state index contributed by atoms with van der Waals surface area (Å²) in [5.74, 6) is 0. The molecule has 80 heavy (non-hydrogen) atoms. The maximum Gasteiger partial charge on any atom is 0.269 e. The van der Waals surface area contributed by atoms with Gasteiger partial charge in [0.05, 0.1) is 9.85 Å². The zero-order chi connectivity index (χ0) is 56.3. The summed E-state index contributed by atoms with van der Waals surface area (Å²) >= 11 is 0. The Balaban J connectivity index is 1.24. The van der Waals surface area contributed by atoms with Crippen molar-refractivity contribution in [2.75, 3.05) is 36.0 Å². The highest BCUT2D eigenvalue weighted by Crippen LogP contribution is 2.32. The van der Waals surface area contributed by atoms with Crippen molar-refractivity contribution in [2.24, 2.45) is 0 Å². The molecular weight excluding hydrogens is 985 g/mol. The van der Waals surface area contributed by atoms with Crippen LogP contribution in [0.15, 0.2) is 121 Å². The van der Waals surface area contributed by atoms with Crippen molar-refractivity contribution in [3.05, 3.63) is 208 Å². The van der Waals surface area contributed by atoms with Gasteiger partial charge >= 0.3 is 0 Å². The van der Waals surface area contributed by atoms with Crippen LogP contribution in [0.1, 0.15) is 197 Å². The third-order valence-corrected chi connectivity index (χ3v) is 15.8. The number of benzene rings is 6. The number of nitro benzene ring substituents is 2. The zero-order valence-electron chi connectivity index (χ0n) is 48.6. The van der Waals surface area contributed by atoms with E-state index in [0.717, 1.165) is 74.1 Å². The molecule has 420 valence electrons. The zero-order valence-corrected chi connectivity index (χ0v) is 48.6. The first-order valence-corrected chi connectivity index (χ1v) is 30.4. The van der Waals surface area contributed by atoms with Crippen LogP contribution in [0.4, 0.5) is 22.7 Å². The number of aryl methyl sites for hydroxylation is 4. The van der Waals surface area contributed by atoms with Gasteiger partial charge in [-0.1, -0.05) is 202 Å². The van der Waals surface area contributed by atoms with Crippen molar-refractivity contribution in [1.29, 1.82) is 0 Å². The van der Waals surface area contributed by atoms with Crippen molar-refractivity contribution in [3.63, 3.8) is 0 Å². The number of anilines is 2. The molecule has 8 nitrogen and oxygen atoms in total. The molecule has 0 amide bonds. The molecule has 0 spiro atoms. The maximum absolute atomic E-state index is 11.5. The van der Waals surface area contributed by atoms with E-state index in [-0.39, 0.29) is 21.2 Å². The first-order valence-electron chi connectivity index (χ1n) is 30.4. The van der Waals surface area contributed by atoms with Gasteiger partial charge in [0, 0.05) is 61.8 Å². The minimum atomic E-state index is -0.366. The topological polar surface area (TPSA) is 92.8 Å². The fourth-order valence-electron chi connectivity index (χ4n) is 10.9. The van der Waals surface area contributed by atoms with Gasteiger partial charge in [0.25, 0.3) is 11.4 Å². The van der Waals surface area contributed by atoms with Crippen molar-refractivity contribution >= 4 is 71.4 Å². The monoisotopic (exact) mass is 1070 g/mol. The Hall–Kier alpha value is -7.32. The molecule has 0 N–H and O–H groups in total. The normalized spacial score (nSPS) is 12.6. The third-order valence-electron chi connectivity index (χ3n) is 15.8. The van der Waals surface area contributed by atoms with E-state index in [1.807, 2.05) is 12.2 Å². The highest BCUT2D eigenvalue weighted by Gasteiger charge is 2.16. The fourth-order valence-corrected chi connectivity index (χ4v) is 10.9. The van der Waals surface area contributed by atoms with E-state index in [0.29, 0.717) is 0 Å². The second-order valence-corrected chi connectivity index (χ2v) is 21.9. The molecule has 6 aromatic carbocycles. The summed E-state index contributed by atoms with van der Waals surface area (Å²) in [4.78, 5) is 27.4. The molecule has 0 saturated heterocycles. The number of nitro groups is 2. The van der Waals surface area contributed by atoms with Crippen molar-refractivity contribution in [3.8, 4) is 0 Å². The highest BCUT2D eigenvalue weighted by atomic mass is 16.6. The third kappa shape index (κ3) is 18.9. The summed E-state index contributed by atoms with van der Waals surface area (Å²) < 4.78 is 0. The van der Waals surface area contributed by atoms with Crippen LogP contribution in [-0.4, -0.2) is 36.0 Å². The Morgan fingerprint density at radius 1 is 0.338 bits per heavy atom. The molecule has 10 rings (SSSR count). The van der Waals surface area contributed by atoms with Gasteiger partial charge in [-0.15, -0.1) is 0 Å². The van der Waals surface area contributed by atoms with Crippen LogP contribution in [0.25, 0.3) is 48.6 Å². The van der Waals surface area contributed by atoms with Crippen molar-refractivity contribution in [1.82, 2.24) is 0 Å². The molecule has 0 fully saturated rings. The molecule has 0 atom stereocenters. The Bertz CT molecular complexity index is 2760. The molecule has 0 aromatic heterocycles. The number of hydrogen-bond acceptors (Lipinski definition) is 6. The average molecular weight is 1070 g/mol. The molecule has 0 saturated carbocycles. The molecule has 0 heterocycles. The fraction of sp³-hybridized carbons (Fsp3) is 0.389. The average Bonchev–Trinajstić information content (AvgIpc) is 3.48. The molecule has 8 heteroatoms. The van der Waals surface area contributed by atoms with Crippen LogP contribution in [-0.2, 0) is 25.7 Å². The van der Waals surface area contributed by atoms with Gasteiger partial charge < -0.3 is 9.80 Å². The van der Waals surface area contributed by atoms with Gasteiger partial charge in [-0.05, 0) is 167 Å². The molecule has 4 aliphatic rings. The predicted octanol–water partition coefficient (Wildman–Crippen LogP) is 20.0. The van der Waals surface area contributed by atoms with Gasteiger partial charge in [0.1, 0.15) is 0 Å². The molecule has 0 radical (unpaired) electrons. The Kier molecular flexibility index (Phi) is 24.6. The SMILES string of the molecule is CCCCCCN(CCCCCC)c1ccc(/C=C/c2cc3c(/C=C/c4ccc(N(CCCCCC)CCCCCC)cc4)cc2CCc2cc(/C=C/c4ccc([N+](=O)[O-])cc4)c(cc2/C=C\c2ccc([N+](=O)[O-])cc2)CC3)cc1. The van der Waals surface area contributed by atoms with E-state index >= 15 is 0 Å². The number of non-ortho nitro benzene ring substituents is 2. The lowest BCUT2D eigenvalue weighted by Crippen LogP contribution is -2.25. The Morgan fingerprint density at radius 3 is 0.800 bits per heavy atom. The van der Waals surface area contributed by atoms with Crippen LogP contribution in [0, 0.1) is 20.2 Å². The van der Waals surface area contributed by atoms with E-state index in [4.69, 9.17) is 0 Å². The second-order valence-electron chi connectivity index (χ2n) is 21.9. The summed E-state index contributed by atoms with van der Waals surface area (Å²) in [7, 11) is 0. The van der Waals surface area contributed by atoms with Gasteiger partial charge in [0.2, 0.25) is 0 Å². The van der Waals surface area contributed by atoms with Crippen LogP contribution < -0.4 is 9.80 Å². The van der Waals surface area contributed by atoms with Crippen LogP contribution >= 0.6 is 0 Å². The predicted molar refractivity (Wildman–Crippen MR) is 343 cm³/mol. The van der Waals surface area contributed by atoms with E-state index in [1.54, 1.807) is 48.5 Å². The maximum atomic E-state index is 11.5. The molecule has 0 unspecified atom stereocenters. The van der Waals surface area contributed by atoms with Gasteiger partial charge in [0.15, 0.2) is 0 Å². The number of nitrogens with zero attached hydrogens (tertiary/aromatic N) is 4.